The normalized spacial score (nSPS) is 11.1. The minimum atomic E-state index is -0.220. The molecule has 4 nitrogen and oxygen atoms in total. The molecule has 0 radical (unpaired) electrons. The molecule has 0 fully saturated rings. The zero-order valence-corrected chi connectivity index (χ0v) is 17.9. The number of hydrogen-bond acceptors (Lipinski definition) is 2. The summed E-state index contributed by atoms with van der Waals surface area (Å²) in [5.41, 5.74) is 3.16. The number of aromatic nitrogens is 1. The summed E-state index contributed by atoms with van der Waals surface area (Å²) in [6, 6.07) is 16.9. The topological polar surface area (TPSA) is 40.5 Å². The van der Waals surface area contributed by atoms with Crippen molar-refractivity contribution in [1.82, 2.24) is 15.2 Å². The maximum Gasteiger partial charge on any atom is 0.193 e. The summed E-state index contributed by atoms with van der Waals surface area (Å²) in [6.45, 7) is 1.34. The second kappa shape index (κ2) is 10.2. The molecule has 0 spiro atoms. The van der Waals surface area contributed by atoms with E-state index in [9.17, 15) is 4.39 Å². The van der Waals surface area contributed by atoms with Gasteiger partial charge in [-0.1, -0.05) is 36.4 Å². The van der Waals surface area contributed by atoms with Crippen molar-refractivity contribution in [2.24, 2.45) is 4.99 Å². The van der Waals surface area contributed by atoms with Gasteiger partial charge in [0, 0.05) is 38.8 Å². The molecule has 0 atom stereocenters. The monoisotopic (exact) mass is 478 g/mol. The maximum absolute atomic E-state index is 13.3. The average Bonchev–Trinajstić information content (AvgIpc) is 2.65. The van der Waals surface area contributed by atoms with Crippen LogP contribution in [0.2, 0.25) is 0 Å². The highest BCUT2D eigenvalue weighted by Gasteiger charge is 2.08. The van der Waals surface area contributed by atoms with Crippen molar-refractivity contribution in [3.8, 4) is 0 Å². The first-order valence-electron chi connectivity index (χ1n) is 8.66. The zero-order valence-electron chi connectivity index (χ0n) is 15.5. The highest BCUT2D eigenvalue weighted by Crippen LogP contribution is 2.16. The fourth-order valence-electron chi connectivity index (χ4n) is 3.05. The van der Waals surface area contributed by atoms with Crippen molar-refractivity contribution in [3.05, 3.63) is 77.7 Å². The first-order chi connectivity index (χ1) is 12.7. The third kappa shape index (κ3) is 5.63. The number of nitrogens with zero attached hydrogens (tertiary/aromatic N) is 3. The number of guanidine groups is 1. The Hall–Kier alpha value is -2.22. The summed E-state index contributed by atoms with van der Waals surface area (Å²) < 4.78 is 13.3. The molecule has 142 valence electrons. The highest BCUT2D eigenvalue weighted by atomic mass is 127. The molecule has 1 aromatic heterocycles. The van der Waals surface area contributed by atoms with Crippen LogP contribution in [0.15, 0.2) is 65.8 Å². The number of rotatable bonds is 5. The number of benzene rings is 2. The van der Waals surface area contributed by atoms with Crippen LogP contribution < -0.4 is 5.32 Å². The number of fused-ring (bicyclic) bond motifs is 1. The van der Waals surface area contributed by atoms with E-state index in [-0.39, 0.29) is 29.8 Å². The molecule has 0 aliphatic heterocycles. The molecule has 0 saturated heterocycles. The van der Waals surface area contributed by atoms with Crippen LogP contribution in [-0.4, -0.2) is 36.5 Å². The Morgan fingerprint density at radius 3 is 2.70 bits per heavy atom. The molecule has 3 aromatic rings. The molecular weight excluding hydrogens is 454 g/mol. The number of hydrogen-bond donors (Lipinski definition) is 1. The Morgan fingerprint density at radius 2 is 1.93 bits per heavy atom. The standard InChI is InChI=1S/C21H23FN4.HI/c1-23-21(26(2)15-16-6-3-10-19(22)14-16)25-13-11-18-8-4-7-17-9-5-12-24-20(17)18;/h3-10,12,14H,11,13,15H2,1-2H3,(H,23,25);1H. The summed E-state index contributed by atoms with van der Waals surface area (Å²) in [4.78, 5) is 10.8. The summed E-state index contributed by atoms with van der Waals surface area (Å²) in [5.74, 6) is 0.560. The number of para-hydroxylation sites is 1. The van der Waals surface area contributed by atoms with Gasteiger partial charge in [-0.15, -0.1) is 24.0 Å². The van der Waals surface area contributed by atoms with E-state index in [1.54, 1.807) is 19.2 Å². The molecule has 0 aliphatic rings. The summed E-state index contributed by atoms with van der Waals surface area (Å²) >= 11 is 0. The van der Waals surface area contributed by atoms with E-state index in [1.807, 2.05) is 30.3 Å². The van der Waals surface area contributed by atoms with E-state index in [1.165, 1.54) is 11.6 Å². The Kier molecular flexibility index (Phi) is 7.97. The lowest BCUT2D eigenvalue weighted by Crippen LogP contribution is -2.39. The van der Waals surface area contributed by atoms with E-state index in [2.05, 4.69) is 39.6 Å². The van der Waals surface area contributed by atoms with Gasteiger partial charge < -0.3 is 10.2 Å². The number of nitrogens with one attached hydrogen (secondary N) is 1. The second-order valence-electron chi connectivity index (χ2n) is 6.20. The number of aliphatic imine (C=N–C) groups is 1. The van der Waals surface area contributed by atoms with E-state index in [0.29, 0.717) is 6.54 Å². The van der Waals surface area contributed by atoms with E-state index < -0.39 is 0 Å². The molecule has 27 heavy (non-hydrogen) atoms. The van der Waals surface area contributed by atoms with E-state index >= 15 is 0 Å². The molecule has 3 rings (SSSR count). The fourth-order valence-corrected chi connectivity index (χ4v) is 3.05. The molecule has 0 saturated carbocycles. The Morgan fingerprint density at radius 1 is 1.15 bits per heavy atom. The van der Waals surface area contributed by atoms with Crippen LogP contribution in [0.25, 0.3) is 10.9 Å². The molecule has 0 amide bonds. The predicted molar refractivity (Wildman–Crippen MR) is 120 cm³/mol. The van der Waals surface area contributed by atoms with Gasteiger partial charge in [-0.25, -0.2) is 4.39 Å². The van der Waals surface area contributed by atoms with Crippen LogP contribution in [0.4, 0.5) is 4.39 Å². The molecule has 2 aromatic carbocycles. The first kappa shape index (κ1) is 21.1. The first-order valence-corrected chi connectivity index (χ1v) is 8.66. The fraction of sp³-hybridized carbons (Fsp3) is 0.238. The second-order valence-corrected chi connectivity index (χ2v) is 6.20. The van der Waals surface area contributed by atoms with Gasteiger partial charge in [0.2, 0.25) is 0 Å². The van der Waals surface area contributed by atoms with E-state index in [0.717, 1.165) is 35.4 Å². The summed E-state index contributed by atoms with van der Waals surface area (Å²) in [6.07, 6.45) is 2.67. The van der Waals surface area contributed by atoms with Crippen LogP contribution >= 0.6 is 24.0 Å². The molecule has 1 heterocycles. The molecule has 0 aliphatic carbocycles. The largest absolute Gasteiger partial charge is 0.356 e. The maximum atomic E-state index is 13.3. The quantitative estimate of drug-likeness (QED) is 0.339. The molecule has 0 unspecified atom stereocenters. The Labute approximate surface area is 176 Å². The lowest BCUT2D eigenvalue weighted by molar-refractivity contribution is 0.475. The van der Waals surface area contributed by atoms with Crippen molar-refractivity contribution < 1.29 is 4.39 Å². The van der Waals surface area contributed by atoms with Gasteiger partial charge in [-0.3, -0.25) is 9.98 Å². The van der Waals surface area contributed by atoms with E-state index in [4.69, 9.17) is 0 Å². The number of halogens is 2. The highest BCUT2D eigenvalue weighted by molar-refractivity contribution is 14.0. The Bertz CT molecular complexity index is 908. The minimum Gasteiger partial charge on any atom is -0.356 e. The molecular formula is C21H24FIN4. The smallest absolute Gasteiger partial charge is 0.193 e. The van der Waals surface area contributed by atoms with Gasteiger partial charge in [0.15, 0.2) is 5.96 Å². The molecule has 0 bridgehead atoms. The van der Waals surface area contributed by atoms with Crippen LogP contribution in [0.5, 0.6) is 0 Å². The predicted octanol–water partition coefficient (Wildman–Crippen LogP) is 4.24. The average molecular weight is 478 g/mol. The third-order valence-corrected chi connectivity index (χ3v) is 4.28. The Balaban J connectivity index is 0.00000261. The van der Waals surface area contributed by atoms with Crippen LogP contribution in [0, 0.1) is 5.82 Å². The van der Waals surface area contributed by atoms with Gasteiger partial charge in [-0.05, 0) is 35.7 Å². The van der Waals surface area contributed by atoms with Gasteiger partial charge in [0.05, 0.1) is 5.52 Å². The third-order valence-electron chi connectivity index (χ3n) is 4.28. The zero-order chi connectivity index (χ0) is 18.4. The minimum absolute atomic E-state index is 0. The van der Waals surface area contributed by atoms with Gasteiger partial charge >= 0.3 is 0 Å². The van der Waals surface area contributed by atoms with Crippen molar-refractivity contribution in [2.75, 3.05) is 20.6 Å². The van der Waals surface area contributed by atoms with Crippen molar-refractivity contribution in [1.29, 1.82) is 0 Å². The summed E-state index contributed by atoms with van der Waals surface area (Å²) in [7, 11) is 3.70. The van der Waals surface area contributed by atoms with Gasteiger partial charge in [0.1, 0.15) is 5.82 Å². The van der Waals surface area contributed by atoms with Crippen molar-refractivity contribution in [2.45, 2.75) is 13.0 Å². The van der Waals surface area contributed by atoms with Crippen molar-refractivity contribution in [3.63, 3.8) is 0 Å². The van der Waals surface area contributed by atoms with Crippen molar-refractivity contribution >= 4 is 40.8 Å². The van der Waals surface area contributed by atoms with Crippen LogP contribution in [-0.2, 0) is 13.0 Å². The van der Waals surface area contributed by atoms with Crippen LogP contribution in [0.3, 0.4) is 0 Å². The van der Waals surface area contributed by atoms with Gasteiger partial charge in [-0.2, -0.15) is 0 Å². The van der Waals surface area contributed by atoms with Gasteiger partial charge in [0.25, 0.3) is 0 Å². The van der Waals surface area contributed by atoms with Crippen LogP contribution in [0.1, 0.15) is 11.1 Å². The lowest BCUT2D eigenvalue weighted by atomic mass is 10.1. The molecule has 1 N–H and O–H groups in total. The summed E-state index contributed by atoms with van der Waals surface area (Å²) in [5, 5.41) is 4.52. The SMILES string of the molecule is CN=C(NCCc1cccc2cccnc12)N(C)Cc1cccc(F)c1.I. The molecule has 6 heteroatoms. The number of pyridine rings is 1. The lowest BCUT2D eigenvalue weighted by Gasteiger charge is -2.22.